The van der Waals surface area contributed by atoms with Crippen LogP contribution >= 0.6 is 11.6 Å². The molecule has 1 spiro atoms. The van der Waals surface area contributed by atoms with Crippen molar-refractivity contribution >= 4 is 82.5 Å². The Bertz CT molecular complexity index is 3520. The third-order valence-corrected chi connectivity index (χ3v) is 21.1. The molecular formula is C73H102ClF3N12O12. The molecule has 3 aliphatic rings. The molecule has 6 rings (SSSR count). The average Bonchev–Trinajstić information content (AvgIpc) is 1.25. The van der Waals surface area contributed by atoms with Crippen molar-refractivity contribution in [3.05, 3.63) is 106 Å². The molecule has 3 aromatic carbocycles. The second kappa shape index (κ2) is 34.8. The zero-order valence-corrected chi connectivity index (χ0v) is 61.9. The van der Waals surface area contributed by atoms with Gasteiger partial charge in [-0.2, -0.15) is 13.2 Å². The molecule has 2 saturated heterocycles. The molecule has 3 fully saturated rings. The highest BCUT2D eigenvalue weighted by molar-refractivity contribution is 6.31. The van der Waals surface area contributed by atoms with E-state index in [-0.39, 0.29) is 57.1 Å². The van der Waals surface area contributed by atoms with Gasteiger partial charge in [-0.1, -0.05) is 131 Å². The highest BCUT2D eigenvalue weighted by Gasteiger charge is 2.51. The van der Waals surface area contributed by atoms with Gasteiger partial charge in [-0.3, -0.25) is 57.5 Å². The quantitative estimate of drug-likeness (QED) is 0.213. The van der Waals surface area contributed by atoms with Crippen LogP contribution in [0.25, 0.3) is 0 Å². The summed E-state index contributed by atoms with van der Waals surface area (Å²) in [5, 5.41) is 7.95. The summed E-state index contributed by atoms with van der Waals surface area (Å²) < 4.78 is 41.8. The van der Waals surface area contributed by atoms with E-state index in [1.54, 1.807) is 70.2 Å². The number of benzene rings is 3. The van der Waals surface area contributed by atoms with Crippen molar-refractivity contribution in [2.45, 2.75) is 192 Å². The minimum Gasteiger partial charge on any atom is -0.347 e. The monoisotopic (exact) mass is 1430 g/mol. The largest absolute Gasteiger partial charge is 0.417 e. The smallest absolute Gasteiger partial charge is 0.347 e. The second-order valence-electron chi connectivity index (χ2n) is 27.9. The number of halogens is 4. The summed E-state index contributed by atoms with van der Waals surface area (Å²) >= 11 is 6.18. The normalized spacial score (nSPS) is 25.2. The summed E-state index contributed by atoms with van der Waals surface area (Å²) in [7, 11) is 12.5. The van der Waals surface area contributed by atoms with E-state index in [0.717, 1.165) is 37.3 Å². The lowest BCUT2D eigenvalue weighted by Gasteiger charge is -2.45. The van der Waals surface area contributed by atoms with Crippen LogP contribution in [0.2, 0.25) is 5.02 Å². The summed E-state index contributed by atoms with van der Waals surface area (Å²) in [6.07, 6.45) is -4.06. The molecule has 554 valence electrons. The van der Waals surface area contributed by atoms with E-state index in [1.165, 1.54) is 108 Å². The lowest BCUT2D eigenvalue weighted by Crippen LogP contribution is -2.65. The minimum atomic E-state index is -4.79. The molecule has 0 aromatic heterocycles. The Hall–Kier alpha value is -8.62. The van der Waals surface area contributed by atoms with E-state index in [4.69, 9.17) is 11.6 Å². The van der Waals surface area contributed by atoms with Gasteiger partial charge in [0.15, 0.2) is 0 Å². The molecule has 2 heterocycles. The summed E-state index contributed by atoms with van der Waals surface area (Å²) in [5.41, 5.74) is -0.402. The molecule has 3 aromatic rings. The molecule has 3 N–H and O–H groups in total. The molecule has 0 bridgehead atoms. The molecule has 0 radical (unpaired) electrons. The van der Waals surface area contributed by atoms with Gasteiger partial charge in [-0.25, -0.2) is 0 Å². The number of aryl methyl sites for hydroxylation is 2. The number of amides is 12. The highest BCUT2D eigenvalue weighted by Crippen LogP contribution is 2.37. The van der Waals surface area contributed by atoms with Crippen LogP contribution in [0.4, 0.5) is 13.2 Å². The number of rotatable bonds is 12. The first-order valence-electron chi connectivity index (χ1n) is 34.6. The Balaban J connectivity index is 1.48. The number of nitrogens with one attached hydrogen (secondary N) is 3. The number of carbonyl (C=O) groups excluding carboxylic acids is 12. The van der Waals surface area contributed by atoms with E-state index in [1.807, 2.05) is 19.1 Å². The Morgan fingerprint density at radius 3 is 1.77 bits per heavy atom. The van der Waals surface area contributed by atoms with Crippen LogP contribution in [-0.2, 0) is 83.0 Å². The molecule has 1 saturated carbocycles. The standard InChI is InChI=1S/C73H102ClF3N12O12/c1-17-44(4)60-69(99)84(12)47(7)64(94)89-37-34-54(89)68(98)86(14)56(40-50-28-26-43(3)27-29-50)67(97)82(10)42-58(90)78-53(33-31-49-30-32-51(52(74)38-49)73(75,76)77)65(95)85(13)55(39-48-24-20-19-21-25-48)63(93)80-72(35-22-23-36-72)71(101)88(16)61(45(5)18-2)70(100)87(15)57(66(96)81(8)9)41-59(91)83(11)46(6)62(92)79-60/h19-21,24-30,32,38,44-47,53-57,60-61H,17-18,22-23,31,33-37,39-42H2,1-16H3,(H,78,90)(H,79,92)(H,80,93)/t44-,45-,46-,47+,53-,54-,55+,56-,57-,60-,61-/m0/s1. The van der Waals surface area contributed by atoms with Crippen molar-refractivity contribution in [2.75, 3.05) is 76.5 Å². The molecule has 2 aliphatic heterocycles. The van der Waals surface area contributed by atoms with Gasteiger partial charge in [0, 0.05) is 82.8 Å². The lowest BCUT2D eigenvalue weighted by molar-refractivity contribution is -0.160. The van der Waals surface area contributed by atoms with Gasteiger partial charge in [0.05, 0.1) is 23.6 Å². The van der Waals surface area contributed by atoms with Gasteiger partial charge >= 0.3 is 6.18 Å². The Kier molecular flexibility index (Phi) is 28.1. The fourth-order valence-corrected chi connectivity index (χ4v) is 13.6. The van der Waals surface area contributed by atoms with E-state index in [2.05, 4.69) is 16.0 Å². The number of hydrogen-bond acceptors (Lipinski definition) is 12. The summed E-state index contributed by atoms with van der Waals surface area (Å²) in [6.45, 7) is 11.3. The Labute approximate surface area is 596 Å². The van der Waals surface area contributed by atoms with Crippen molar-refractivity contribution in [1.29, 1.82) is 0 Å². The van der Waals surface area contributed by atoms with E-state index < -0.39 is 172 Å². The third kappa shape index (κ3) is 19.3. The SMILES string of the molecule is CC[C@H](C)[C@@H]1NC(=O)[C@H](C)N(C)C(=O)C[C@@H](C(=O)N(C)C)N(C)C(=O)[C@H]([C@@H](C)CC)N(C)C(=O)C2(CCCC2)NC(=O)[C@@H](Cc2ccccc2)N(C)C(=O)[C@H](CCc2ccc(C(F)(F)F)c(Cl)c2)NC(=O)CN(C)C(=O)[C@H](Cc2ccc(C)cc2)N(C)C(=O)[C@@H]2CCN2C(=O)[C@@H](C)N(C)C1=O. The van der Waals surface area contributed by atoms with E-state index in [9.17, 15) is 46.7 Å². The number of carbonyl (C=O) groups is 12. The highest BCUT2D eigenvalue weighted by atomic mass is 35.5. The van der Waals surface area contributed by atoms with Crippen molar-refractivity contribution in [1.82, 2.24) is 60.0 Å². The summed E-state index contributed by atoms with van der Waals surface area (Å²) in [4.78, 5) is 189. The van der Waals surface area contributed by atoms with Gasteiger partial charge in [0.25, 0.3) is 0 Å². The summed E-state index contributed by atoms with van der Waals surface area (Å²) in [6, 6.07) is 7.08. The average molecular weight is 1430 g/mol. The molecule has 1 aliphatic carbocycles. The van der Waals surface area contributed by atoms with E-state index >= 15 is 24.0 Å². The Morgan fingerprint density at radius 2 is 1.22 bits per heavy atom. The van der Waals surface area contributed by atoms with Crippen LogP contribution in [0, 0.1) is 18.8 Å². The van der Waals surface area contributed by atoms with Crippen LogP contribution < -0.4 is 16.0 Å². The lowest BCUT2D eigenvalue weighted by atomic mass is 9.90. The fraction of sp³-hybridized carbons (Fsp3) is 0.589. The third-order valence-electron chi connectivity index (χ3n) is 20.8. The maximum Gasteiger partial charge on any atom is 0.417 e. The van der Waals surface area contributed by atoms with Crippen LogP contribution in [0.15, 0.2) is 72.8 Å². The topological polar surface area (TPSA) is 270 Å². The predicted octanol–water partition coefficient (Wildman–Crippen LogP) is 5.13. The zero-order valence-electron chi connectivity index (χ0n) is 61.1. The molecule has 0 unspecified atom stereocenters. The van der Waals surface area contributed by atoms with E-state index in [0.29, 0.717) is 36.8 Å². The predicted molar refractivity (Wildman–Crippen MR) is 374 cm³/mol. The van der Waals surface area contributed by atoms with Gasteiger partial charge in [0.2, 0.25) is 70.9 Å². The van der Waals surface area contributed by atoms with Crippen molar-refractivity contribution in [2.24, 2.45) is 11.8 Å². The van der Waals surface area contributed by atoms with Gasteiger partial charge < -0.3 is 60.0 Å². The van der Waals surface area contributed by atoms with Crippen LogP contribution in [0.5, 0.6) is 0 Å². The van der Waals surface area contributed by atoms with Crippen LogP contribution in [0.3, 0.4) is 0 Å². The number of nitrogens with zero attached hydrogens (tertiary/aromatic N) is 9. The number of likely N-dealkylation sites (N-methyl/N-ethyl adjacent to an activating group) is 8. The van der Waals surface area contributed by atoms with Crippen LogP contribution in [-0.4, -0.2) is 251 Å². The molecule has 28 heteroatoms. The molecule has 11 atom stereocenters. The number of alkyl halides is 3. The molecule has 101 heavy (non-hydrogen) atoms. The number of hydrogen-bond donors (Lipinski definition) is 3. The molecular weight excluding hydrogens is 1330 g/mol. The Morgan fingerprint density at radius 1 is 0.644 bits per heavy atom. The minimum absolute atomic E-state index is 0.0624. The number of fused-ring (bicyclic) bond motifs is 1. The van der Waals surface area contributed by atoms with Crippen molar-refractivity contribution < 1.29 is 70.7 Å². The maximum absolute atomic E-state index is 15.6. The zero-order chi connectivity index (χ0) is 75.4. The van der Waals surface area contributed by atoms with Gasteiger partial charge in [-0.15, -0.1) is 0 Å². The van der Waals surface area contributed by atoms with Gasteiger partial charge in [0.1, 0.15) is 59.9 Å². The first-order chi connectivity index (χ1) is 47.3. The van der Waals surface area contributed by atoms with Gasteiger partial charge in [-0.05, 0) is 93.5 Å². The molecule has 24 nitrogen and oxygen atoms in total. The van der Waals surface area contributed by atoms with Crippen LogP contribution in [0.1, 0.15) is 127 Å². The first kappa shape index (κ1) is 81.3. The van der Waals surface area contributed by atoms with Crippen molar-refractivity contribution in [3.63, 3.8) is 0 Å². The van der Waals surface area contributed by atoms with Crippen molar-refractivity contribution in [3.8, 4) is 0 Å². The fourth-order valence-electron chi connectivity index (χ4n) is 13.3. The molecule has 12 amide bonds. The first-order valence-corrected chi connectivity index (χ1v) is 34.9. The second-order valence-corrected chi connectivity index (χ2v) is 28.3. The maximum atomic E-state index is 15.6. The summed E-state index contributed by atoms with van der Waals surface area (Å²) in [5.74, 6) is -9.79.